The molecule has 2 heterocycles. The molecule has 3 fully saturated rings. The van der Waals surface area contributed by atoms with Gasteiger partial charge in [0.2, 0.25) is 11.8 Å². The molecule has 9 nitrogen and oxygen atoms in total. The summed E-state index contributed by atoms with van der Waals surface area (Å²) in [5.74, 6) is -0.538. The lowest BCUT2D eigenvalue weighted by Crippen LogP contribution is -2.48. The number of amides is 2. The topological polar surface area (TPSA) is 101 Å². The van der Waals surface area contributed by atoms with Gasteiger partial charge in [-0.05, 0) is 35.9 Å². The molecule has 1 saturated carbocycles. The van der Waals surface area contributed by atoms with Crippen LogP contribution in [0, 0.1) is 23.7 Å². The van der Waals surface area contributed by atoms with Gasteiger partial charge in [0.1, 0.15) is 0 Å². The lowest BCUT2D eigenvalue weighted by Gasteiger charge is -2.29. The van der Waals surface area contributed by atoms with E-state index in [1.807, 2.05) is 45.0 Å². The fraction of sp³-hybridized carbons (Fsp3) is 0.692. The van der Waals surface area contributed by atoms with Crippen molar-refractivity contribution in [1.82, 2.24) is 18.4 Å². The molecule has 1 aromatic rings. The van der Waals surface area contributed by atoms with E-state index in [1.54, 1.807) is 14.0 Å². The maximum absolute atomic E-state index is 13.6. The molecule has 0 spiro atoms. The van der Waals surface area contributed by atoms with E-state index >= 15 is 0 Å². The van der Waals surface area contributed by atoms with Gasteiger partial charge in [0.25, 0.3) is 10.2 Å². The normalized spacial score (nSPS) is 30.4. The summed E-state index contributed by atoms with van der Waals surface area (Å²) < 4.78 is 30.0. The predicted molar refractivity (Wildman–Crippen MR) is 137 cm³/mol. The van der Waals surface area contributed by atoms with E-state index in [-0.39, 0.29) is 48.8 Å². The van der Waals surface area contributed by atoms with Gasteiger partial charge in [0, 0.05) is 39.1 Å². The van der Waals surface area contributed by atoms with Crippen LogP contribution < -0.4 is 0 Å². The molecule has 2 aliphatic heterocycles. The maximum atomic E-state index is 13.6. The molecule has 2 saturated heterocycles. The van der Waals surface area contributed by atoms with Crippen molar-refractivity contribution in [3.63, 3.8) is 0 Å². The van der Waals surface area contributed by atoms with E-state index < -0.39 is 22.2 Å². The molecule has 1 N–H and O–H groups in total. The number of carbonyl (C=O) groups excluding carboxylic acids is 2. The Morgan fingerprint density at radius 3 is 2.19 bits per heavy atom. The van der Waals surface area contributed by atoms with E-state index in [0.29, 0.717) is 19.5 Å². The first-order chi connectivity index (χ1) is 17.0. The third-order valence-electron chi connectivity index (χ3n) is 8.57. The highest BCUT2D eigenvalue weighted by Crippen LogP contribution is 2.49. The van der Waals surface area contributed by atoms with Gasteiger partial charge in [-0.25, -0.2) is 0 Å². The smallest absolute Gasteiger partial charge is 0.282 e. The average Bonchev–Trinajstić information content (AvgIpc) is 3.15. The monoisotopic (exact) mass is 520 g/mol. The Morgan fingerprint density at radius 2 is 1.67 bits per heavy atom. The van der Waals surface area contributed by atoms with Crippen LogP contribution in [0.5, 0.6) is 0 Å². The molecule has 200 valence electrons. The van der Waals surface area contributed by atoms with Gasteiger partial charge in [-0.2, -0.15) is 17.0 Å². The number of benzene rings is 1. The van der Waals surface area contributed by atoms with E-state index in [9.17, 15) is 23.1 Å². The van der Waals surface area contributed by atoms with Crippen molar-refractivity contribution in [2.45, 2.75) is 59.3 Å². The van der Waals surface area contributed by atoms with Crippen LogP contribution in [0.1, 0.15) is 45.2 Å². The molecule has 3 aliphatic rings. The molecule has 1 aromatic carbocycles. The third kappa shape index (κ3) is 4.86. The Kier molecular flexibility index (Phi) is 7.92. The Hall–Kier alpha value is -1.85. The second-order valence-corrected chi connectivity index (χ2v) is 12.7. The Labute approximate surface area is 215 Å². The molecule has 2 amide bonds. The van der Waals surface area contributed by atoms with Gasteiger partial charge in [-0.3, -0.25) is 19.4 Å². The molecule has 0 aromatic heterocycles. The quantitative estimate of drug-likeness (QED) is 0.470. The lowest BCUT2D eigenvalue weighted by atomic mass is 10.0. The summed E-state index contributed by atoms with van der Waals surface area (Å²) in [5, 5.41) is 9.19. The number of aliphatic hydroxyl groups is 1. The maximum Gasteiger partial charge on any atom is 0.282 e. The van der Waals surface area contributed by atoms with Crippen LogP contribution in [0.25, 0.3) is 0 Å². The summed E-state index contributed by atoms with van der Waals surface area (Å²) in [7, 11) is -2.26. The average molecular weight is 521 g/mol. The summed E-state index contributed by atoms with van der Waals surface area (Å²) in [6.07, 6.45) is 0.478. The van der Waals surface area contributed by atoms with Crippen molar-refractivity contribution in [2.75, 3.05) is 33.3 Å². The summed E-state index contributed by atoms with van der Waals surface area (Å²) >= 11 is 0. The Bertz CT molecular complexity index is 1070. The van der Waals surface area contributed by atoms with Crippen LogP contribution in [-0.4, -0.2) is 89.1 Å². The summed E-state index contributed by atoms with van der Waals surface area (Å²) in [6.45, 7) is 10.6. The Morgan fingerprint density at radius 1 is 1.08 bits per heavy atom. The molecule has 0 radical (unpaired) electrons. The molecule has 4 rings (SSSR count). The van der Waals surface area contributed by atoms with Gasteiger partial charge >= 0.3 is 0 Å². The van der Waals surface area contributed by atoms with Crippen molar-refractivity contribution < 1.29 is 23.1 Å². The van der Waals surface area contributed by atoms with Gasteiger partial charge in [-0.1, -0.05) is 52.0 Å². The van der Waals surface area contributed by atoms with Crippen LogP contribution in [0.15, 0.2) is 24.3 Å². The lowest BCUT2D eigenvalue weighted by molar-refractivity contribution is -0.146. The second kappa shape index (κ2) is 10.5. The molecule has 10 heteroatoms. The van der Waals surface area contributed by atoms with Gasteiger partial charge < -0.3 is 5.11 Å². The number of nitrogens with zero attached hydrogens (tertiary/aromatic N) is 4. The van der Waals surface area contributed by atoms with Crippen LogP contribution in [0.3, 0.4) is 0 Å². The fourth-order valence-electron chi connectivity index (χ4n) is 6.00. The molecular formula is C26H40N4O5S. The van der Waals surface area contributed by atoms with Gasteiger partial charge in [-0.15, -0.1) is 0 Å². The minimum absolute atomic E-state index is 0.113. The number of imide groups is 1. The van der Waals surface area contributed by atoms with E-state index in [0.717, 1.165) is 24.2 Å². The van der Waals surface area contributed by atoms with Crippen LogP contribution in [0.4, 0.5) is 0 Å². The Balaban J connectivity index is 1.43. The number of aliphatic hydroxyl groups excluding tert-OH is 1. The largest absolute Gasteiger partial charge is 0.395 e. The number of hydrogen-bond donors (Lipinski definition) is 1. The minimum Gasteiger partial charge on any atom is -0.395 e. The molecule has 6 atom stereocenters. The van der Waals surface area contributed by atoms with Crippen LogP contribution >= 0.6 is 0 Å². The predicted octanol–water partition coefficient (Wildman–Crippen LogP) is 1.53. The zero-order chi connectivity index (χ0) is 26.4. The van der Waals surface area contributed by atoms with E-state index in [1.165, 1.54) is 13.5 Å². The highest BCUT2D eigenvalue weighted by Gasteiger charge is 2.60. The van der Waals surface area contributed by atoms with E-state index in [4.69, 9.17) is 0 Å². The summed E-state index contributed by atoms with van der Waals surface area (Å²) in [5.41, 5.74) is 1.97. The SMILES string of the molecule is CCN(CCO)Cc1ccc(CN(C)S(=O)(=O)N2CC[C@H]3[C@H]2[C@H](C)C(=O)N3C(=O)C2[C@@H](C)[C@H]2C)cc1. The van der Waals surface area contributed by atoms with Crippen molar-refractivity contribution in [3.8, 4) is 0 Å². The van der Waals surface area contributed by atoms with Crippen molar-refractivity contribution >= 4 is 22.0 Å². The highest BCUT2D eigenvalue weighted by molar-refractivity contribution is 7.86. The first kappa shape index (κ1) is 27.2. The number of likely N-dealkylation sites (tertiary alicyclic amines) is 1. The number of carbonyl (C=O) groups is 2. The minimum atomic E-state index is -3.82. The second-order valence-electron chi connectivity index (χ2n) is 10.7. The number of likely N-dealkylation sites (N-methyl/N-ethyl adjacent to an activating group) is 1. The molecule has 1 aliphatic carbocycles. The number of hydrogen-bond acceptors (Lipinski definition) is 6. The molecule has 1 unspecified atom stereocenters. The standard InChI is InChI=1S/C26H40N4O5S/c1-6-28(13-14-31)16-21-9-7-20(8-10-21)15-27(5)36(34,35)29-12-11-22-24(29)19(4)25(32)30(22)26(33)23-17(2)18(23)3/h7-10,17-19,22-24,31H,6,11-16H2,1-5H3/t17-,18+,19-,22-,23?,24+/m0/s1. The van der Waals surface area contributed by atoms with Gasteiger partial charge in [0.05, 0.1) is 24.6 Å². The summed E-state index contributed by atoms with van der Waals surface area (Å²) in [4.78, 5) is 29.7. The van der Waals surface area contributed by atoms with Crippen molar-refractivity contribution in [3.05, 3.63) is 35.4 Å². The van der Waals surface area contributed by atoms with Crippen LogP contribution in [0.2, 0.25) is 0 Å². The van der Waals surface area contributed by atoms with Crippen LogP contribution in [-0.2, 0) is 32.9 Å². The third-order valence-corrected chi connectivity index (χ3v) is 10.5. The molecular weight excluding hydrogens is 480 g/mol. The zero-order valence-electron chi connectivity index (χ0n) is 22.0. The van der Waals surface area contributed by atoms with E-state index in [2.05, 4.69) is 4.90 Å². The molecule has 36 heavy (non-hydrogen) atoms. The van der Waals surface area contributed by atoms with Crippen molar-refractivity contribution in [2.24, 2.45) is 23.7 Å². The molecule has 0 bridgehead atoms. The van der Waals surface area contributed by atoms with Crippen molar-refractivity contribution in [1.29, 1.82) is 0 Å². The first-order valence-electron chi connectivity index (χ1n) is 13.0. The zero-order valence-corrected chi connectivity index (χ0v) is 22.8. The number of fused-ring (bicyclic) bond motifs is 1. The highest BCUT2D eigenvalue weighted by atomic mass is 32.2. The van der Waals surface area contributed by atoms with Gasteiger partial charge in [0.15, 0.2) is 0 Å². The summed E-state index contributed by atoms with van der Waals surface area (Å²) in [6, 6.07) is 6.93. The number of rotatable bonds is 10. The first-order valence-corrected chi connectivity index (χ1v) is 14.4. The fourth-order valence-corrected chi connectivity index (χ4v) is 7.63.